The lowest BCUT2D eigenvalue weighted by Gasteiger charge is -2.22. The van der Waals surface area contributed by atoms with Crippen LogP contribution in [0.2, 0.25) is 0 Å². The largest absolute Gasteiger partial charge is 0.478 e. The number of rotatable bonds is 19. The van der Waals surface area contributed by atoms with E-state index in [1.165, 1.54) is 78.1 Å². The number of carbonyl (C=O) groups excluding carboxylic acids is 11. The van der Waals surface area contributed by atoms with Gasteiger partial charge in [0.15, 0.2) is 24.1 Å². The van der Waals surface area contributed by atoms with Crippen molar-refractivity contribution < 1.29 is 100 Å². The highest BCUT2D eigenvalue weighted by Crippen LogP contribution is 2.36. The van der Waals surface area contributed by atoms with Crippen LogP contribution in [-0.2, 0) is 46.3 Å². The highest BCUT2D eigenvalue weighted by atomic mass is 19.1. The molecule has 1 aliphatic carbocycles. The zero-order valence-electron chi connectivity index (χ0n) is 64.8. The number of anilines is 2. The van der Waals surface area contributed by atoms with E-state index in [9.17, 15) is 75.5 Å². The summed E-state index contributed by atoms with van der Waals surface area (Å²) in [5.41, 5.74) is 16.2. The second kappa shape index (κ2) is 46.7. The summed E-state index contributed by atoms with van der Waals surface area (Å²) in [6, 6.07) is 12.1. The third-order valence-electron chi connectivity index (χ3n) is 16.8. The number of halogens is 3. The van der Waals surface area contributed by atoms with Crippen molar-refractivity contribution in [3.8, 4) is 0 Å². The van der Waals surface area contributed by atoms with Gasteiger partial charge in [0, 0.05) is 129 Å². The zero-order chi connectivity index (χ0) is 84.7. The number of aryl methyl sites for hydroxylation is 1. The Morgan fingerprint density at radius 2 is 1.08 bits per heavy atom. The number of aromatic carboxylic acids is 2. The first-order chi connectivity index (χ1) is 53.3. The molecule has 0 unspecified atom stereocenters. The van der Waals surface area contributed by atoms with Crippen LogP contribution in [0.4, 0.5) is 29.3 Å². The number of amides is 5. The van der Waals surface area contributed by atoms with Gasteiger partial charge in [-0.3, -0.25) is 43.2 Å². The normalized spacial score (nSPS) is 12.4. The minimum absolute atomic E-state index is 0. The molecule has 5 amide bonds. The highest BCUT2D eigenvalue weighted by molar-refractivity contribution is 6.35. The zero-order valence-corrected chi connectivity index (χ0v) is 64.8. The molecule has 3 aromatic carbocycles. The number of benzene rings is 3. The molecule has 1 atom stereocenters. The monoisotopic (exact) mass is 1600 g/mol. The molecule has 32 heteroatoms. The molecule has 0 saturated heterocycles. The Labute approximate surface area is 664 Å². The Morgan fingerprint density at radius 1 is 0.635 bits per heavy atom. The predicted octanol–water partition coefficient (Wildman–Crippen LogP) is 12.6. The van der Waals surface area contributed by atoms with Gasteiger partial charge in [-0.2, -0.15) is 0 Å². The number of aliphatic hydroxyl groups is 1. The molecule has 0 spiro atoms. The minimum atomic E-state index is -1.05. The Bertz CT molecular complexity index is 4870. The summed E-state index contributed by atoms with van der Waals surface area (Å²) < 4.78 is 49.3. The second-order valence-corrected chi connectivity index (χ2v) is 26.0. The Morgan fingerprint density at radius 3 is 1.50 bits per heavy atom. The fourth-order valence-corrected chi connectivity index (χ4v) is 10.6. The standard InChI is InChI=1S/C25H27FN4O4.C15H11FN2O3.C9H7FO.C9H11NO3.C7H16N2O2.C7H7NO3.C7H9NO.C2H6O.2CH4/c1-5-23(32)30(4)15(3)22(31)7-6-10-27-24(33)19-13-28-21(14(19)2)12-18-17-11-16(26)8-9-20(17)29-25(18)34;1-7-11(15(20)21)6-17-13(7)5-10-9-4-8(16)2-3-12(9)18-14(10)19;10-8-2-1-6-4-9(11)5-7(6)3-8;1-3-13-9(12)7-4-10-8(5-11)6(7)2;1-7(2,3)11-6(10)9-5-4-8;1-4-5(7(10)11)2-8-6(4)3-9;1-5-3-8-4-7(5)6(2)9;1-2-3;;/h5,8-9,11-13,15,28H,1,6-7,10H2,2-4H3,(H,27,33)(H,29,34);2-6,17H,1H3,(H,18,19)(H,20,21);1-3H,4-5H2;4-5,10H,3H2,1-2H3;4-5,8H2,1-3H3,(H,9,10);2-3,8H,1H3,(H,10,11);3-4,8H,1-2H3;3H,2H2,1H3;2*1H4/b18-12-;10-5-;;;;;;;;/t15-;;;;;;;;;/m0........./s1. The van der Waals surface area contributed by atoms with Crippen LogP contribution in [0.3, 0.4) is 0 Å². The molecule has 7 heterocycles. The second-order valence-electron chi connectivity index (χ2n) is 26.0. The number of aromatic amines is 5. The number of carboxylic acids is 2. The van der Waals surface area contributed by atoms with Crippen LogP contribution in [-0.4, -0.2) is 174 Å². The summed E-state index contributed by atoms with van der Waals surface area (Å²) in [4.78, 5) is 162. The van der Waals surface area contributed by atoms with Crippen LogP contribution in [0.25, 0.3) is 23.3 Å². The van der Waals surface area contributed by atoms with Crippen LogP contribution in [0.15, 0.2) is 104 Å². The first kappa shape index (κ1) is 98.0. The van der Waals surface area contributed by atoms with E-state index in [0.717, 1.165) is 28.3 Å². The number of nitrogens with one attached hydrogen (secondary N) is 9. The first-order valence-electron chi connectivity index (χ1n) is 35.1. The maximum absolute atomic E-state index is 13.7. The Kier molecular flexibility index (Phi) is 39.8. The number of carboxylic acid groups (broad SMARTS) is 2. The number of hydrogen-bond acceptors (Lipinski definition) is 17. The molecule has 0 bridgehead atoms. The number of Topliss-reactive ketones (excluding diaryl/α,β-unsaturated/α-hetero) is 3. The molecule has 11 rings (SSSR count). The van der Waals surface area contributed by atoms with Crippen molar-refractivity contribution in [1.29, 1.82) is 0 Å². The van der Waals surface area contributed by atoms with Gasteiger partial charge in [-0.25, -0.2) is 32.3 Å². The van der Waals surface area contributed by atoms with Gasteiger partial charge in [-0.1, -0.05) is 27.5 Å². The minimum Gasteiger partial charge on any atom is -0.478 e. The van der Waals surface area contributed by atoms with Gasteiger partial charge < -0.3 is 81.6 Å². The number of aldehydes is 2. The van der Waals surface area contributed by atoms with E-state index >= 15 is 0 Å². The Hall–Kier alpha value is -13.1. The molecular weight excluding hydrogens is 1500 g/mol. The van der Waals surface area contributed by atoms with E-state index in [4.69, 9.17) is 30.5 Å². The molecule has 3 aliphatic rings. The molecule has 14 N–H and O–H groups in total. The lowest BCUT2D eigenvalue weighted by Crippen LogP contribution is -2.39. The van der Waals surface area contributed by atoms with E-state index in [1.54, 1.807) is 87.0 Å². The van der Waals surface area contributed by atoms with Crippen LogP contribution in [0, 0.1) is 52.1 Å². The number of esters is 1. The summed E-state index contributed by atoms with van der Waals surface area (Å²) in [6.07, 6.45) is 15.9. The number of likely N-dealkylation sites (N-methyl/N-ethyl adjacent to an activating group) is 1. The van der Waals surface area contributed by atoms with Crippen LogP contribution >= 0.6 is 0 Å². The number of carbonyl (C=O) groups is 13. The van der Waals surface area contributed by atoms with Gasteiger partial charge in [0.05, 0.1) is 57.4 Å². The van der Waals surface area contributed by atoms with Crippen LogP contribution in [0.5, 0.6) is 0 Å². The highest BCUT2D eigenvalue weighted by Gasteiger charge is 2.28. The third kappa shape index (κ3) is 28.9. The number of ketones is 3. The molecule has 2 aliphatic heterocycles. The number of alkyl carbamates (subject to hydrolysis) is 1. The van der Waals surface area contributed by atoms with E-state index in [1.807, 2.05) is 33.9 Å². The number of H-pyrrole nitrogens is 5. The number of hydrogen-bond donors (Lipinski definition) is 13. The van der Waals surface area contributed by atoms with Crippen molar-refractivity contribution in [1.82, 2.24) is 40.5 Å². The van der Waals surface area contributed by atoms with Gasteiger partial charge in [-0.05, 0) is 195 Å². The van der Waals surface area contributed by atoms with E-state index in [-0.39, 0.29) is 92.3 Å². The molecule has 29 nitrogen and oxygen atoms in total. The topological polar surface area (TPSA) is 457 Å². The Balaban J connectivity index is 0.000000478. The summed E-state index contributed by atoms with van der Waals surface area (Å²) >= 11 is 0. The van der Waals surface area contributed by atoms with Gasteiger partial charge in [-0.15, -0.1) is 0 Å². The van der Waals surface area contributed by atoms with Gasteiger partial charge in [0.25, 0.3) is 17.7 Å². The maximum atomic E-state index is 13.7. The van der Waals surface area contributed by atoms with Crippen LogP contribution < -0.4 is 27.0 Å². The smallest absolute Gasteiger partial charge is 0.407 e. The molecule has 115 heavy (non-hydrogen) atoms. The number of aromatic nitrogens is 5. The molecule has 0 saturated carbocycles. The number of aliphatic hydroxyl groups excluding tert-OH is 1. The lowest BCUT2D eigenvalue weighted by atomic mass is 10.0. The van der Waals surface area contributed by atoms with Crippen molar-refractivity contribution in [2.24, 2.45) is 5.73 Å². The summed E-state index contributed by atoms with van der Waals surface area (Å²) in [7, 11) is 1.54. The number of fused-ring (bicyclic) bond motifs is 3. The molecule has 5 aromatic heterocycles. The molecule has 8 aromatic rings. The molecular formula is C83H102F3N11O18. The number of nitrogens with zero attached hydrogens (tertiary/aromatic N) is 1. The van der Waals surface area contributed by atoms with Crippen LogP contribution in [0.1, 0.15) is 210 Å². The first-order valence-corrected chi connectivity index (χ1v) is 35.1. The summed E-state index contributed by atoms with van der Waals surface area (Å²) in [6.45, 7) is 25.8. The average Bonchev–Trinajstić information content (AvgIpc) is 1.64. The summed E-state index contributed by atoms with van der Waals surface area (Å²) in [5, 5.41) is 35.7. The van der Waals surface area contributed by atoms with Crippen molar-refractivity contribution in [2.75, 3.05) is 50.5 Å². The molecule has 0 radical (unpaired) electrons. The van der Waals surface area contributed by atoms with Crippen molar-refractivity contribution in [3.63, 3.8) is 0 Å². The van der Waals surface area contributed by atoms with Crippen molar-refractivity contribution in [2.45, 2.75) is 135 Å². The predicted molar refractivity (Wildman–Crippen MR) is 431 cm³/mol. The summed E-state index contributed by atoms with van der Waals surface area (Å²) in [5.74, 6) is -4.75. The SMILES string of the molecule is C.C.C=CC(=O)N(C)[C@@H](C)C(=O)CCCNC(=O)c1c[nH]c(/C=C2\C(=O)Nc3ccc(F)cc32)c1C.CC(=O)c1c[nH]cc1C.CC(C)(C)OC(=O)NCCN.CCO.CCOC(=O)c1c[nH]c(C=O)c1C.Cc1c(C(=O)O)c[nH]c1/C=C1\C(=O)Nc2ccc(F)cc21.Cc1c(C(=O)O)c[nH]c1C=O.O=C1Cc2ccc(F)cc2C1. The van der Waals surface area contributed by atoms with Gasteiger partial charge >= 0.3 is 24.0 Å². The fraction of sp³-hybridized carbons (Fsp3) is 0.313. The van der Waals surface area contributed by atoms with Gasteiger partial charge in [0.1, 0.15) is 28.8 Å². The number of ether oxygens (including phenoxy) is 2. The van der Waals surface area contributed by atoms with Crippen molar-refractivity contribution in [3.05, 3.63) is 223 Å². The lowest BCUT2D eigenvalue weighted by molar-refractivity contribution is -0.134. The number of nitrogens with two attached hydrogens (primary N) is 1. The van der Waals surface area contributed by atoms with Gasteiger partial charge in [0.2, 0.25) is 5.91 Å². The maximum Gasteiger partial charge on any atom is 0.407 e. The van der Waals surface area contributed by atoms with E-state index in [2.05, 4.69) is 52.8 Å². The average molecular weight is 1600 g/mol. The quantitative estimate of drug-likeness (QED) is 0.0118. The molecule has 0 fully saturated rings. The fourth-order valence-electron chi connectivity index (χ4n) is 10.6. The van der Waals surface area contributed by atoms with E-state index in [0.29, 0.717) is 141 Å². The van der Waals surface area contributed by atoms with E-state index < -0.39 is 47.3 Å². The molecule has 618 valence electrons. The third-order valence-corrected chi connectivity index (χ3v) is 16.8. The van der Waals surface area contributed by atoms with Crippen molar-refractivity contribution >= 4 is 112 Å².